The molecule has 0 amide bonds. The summed E-state index contributed by atoms with van der Waals surface area (Å²) in [4.78, 5) is 0. The number of hydrogen-bond donors (Lipinski definition) is 1. The van der Waals surface area contributed by atoms with Gasteiger partial charge in [0.15, 0.2) is 0 Å². The van der Waals surface area contributed by atoms with Gasteiger partial charge < -0.3 is 5.73 Å². The SMILES string of the molecule is NC(c1ccccc1)c1ccc(C(F)(F)F)c(Cl)c1. The number of hydrogen-bond acceptors (Lipinski definition) is 1. The highest BCUT2D eigenvalue weighted by Gasteiger charge is 2.33. The standard InChI is InChI=1S/C14H11ClF3N/c15-12-8-10(6-7-11(12)14(16,17)18)13(19)9-4-2-1-3-5-9/h1-8,13H,19H2. The van der Waals surface area contributed by atoms with Crippen molar-refractivity contribution < 1.29 is 13.2 Å². The average molecular weight is 286 g/mol. The van der Waals surface area contributed by atoms with Crippen molar-refractivity contribution in [2.75, 3.05) is 0 Å². The lowest BCUT2D eigenvalue weighted by atomic mass is 9.98. The van der Waals surface area contributed by atoms with E-state index in [2.05, 4.69) is 0 Å². The molecule has 19 heavy (non-hydrogen) atoms. The summed E-state index contributed by atoms with van der Waals surface area (Å²) in [5.41, 5.74) is 6.52. The van der Waals surface area contributed by atoms with E-state index in [0.29, 0.717) is 5.56 Å². The van der Waals surface area contributed by atoms with Gasteiger partial charge >= 0.3 is 6.18 Å². The summed E-state index contributed by atoms with van der Waals surface area (Å²) < 4.78 is 37.8. The van der Waals surface area contributed by atoms with Crippen molar-refractivity contribution in [2.45, 2.75) is 12.2 Å². The van der Waals surface area contributed by atoms with Crippen LogP contribution >= 0.6 is 11.6 Å². The van der Waals surface area contributed by atoms with Gasteiger partial charge in [-0.15, -0.1) is 0 Å². The fourth-order valence-electron chi connectivity index (χ4n) is 1.81. The first-order chi connectivity index (χ1) is 8.89. The molecule has 0 radical (unpaired) electrons. The molecule has 0 aromatic heterocycles. The highest BCUT2D eigenvalue weighted by Crippen LogP contribution is 2.36. The van der Waals surface area contributed by atoms with E-state index in [1.54, 1.807) is 0 Å². The van der Waals surface area contributed by atoms with E-state index < -0.39 is 17.8 Å². The summed E-state index contributed by atoms with van der Waals surface area (Å²) in [5, 5.41) is -0.337. The zero-order valence-electron chi connectivity index (χ0n) is 9.79. The van der Waals surface area contributed by atoms with Crippen LogP contribution in [0.2, 0.25) is 5.02 Å². The van der Waals surface area contributed by atoms with Gasteiger partial charge in [-0.3, -0.25) is 0 Å². The minimum Gasteiger partial charge on any atom is -0.320 e. The monoisotopic (exact) mass is 285 g/mol. The first-order valence-electron chi connectivity index (χ1n) is 5.57. The van der Waals surface area contributed by atoms with E-state index in [4.69, 9.17) is 17.3 Å². The van der Waals surface area contributed by atoms with Crippen molar-refractivity contribution in [1.82, 2.24) is 0 Å². The highest BCUT2D eigenvalue weighted by molar-refractivity contribution is 6.31. The Morgan fingerprint density at radius 1 is 0.947 bits per heavy atom. The maximum absolute atomic E-state index is 12.6. The van der Waals surface area contributed by atoms with Crippen molar-refractivity contribution in [3.05, 3.63) is 70.2 Å². The fourth-order valence-corrected chi connectivity index (χ4v) is 2.10. The molecule has 0 bridgehead atoms. The third-order valence-corrected chi connectivity index (χ3v) is 3.13. The molecule has 0 saturated heterocycles. The molecule has 2 aromatic rings. The molecule has 0 aliphatic carbocycles. The number of alkyl halides is 3. The quantitative estimate of drug-likeness (QED) is 0.869. The molecule has 1 nitrogen and oxygen atoms in total. The summed E-state index contributed by atoms with van der Waals surface area (Å²) in [7, 11) is 0. The van der Waals surface area contributed by atoms with Gasteiger partial charge in [0.05, 0.1) is 16.6 Å². The molecule has 0 saturated carbocycles. The lowest BCUT2D eigenvalue weighted by Gasteiger charge is -2.15. The Kier molecular flexibility index (Phi) is 3.83. The third kappa shape index (κ3) is 3.08. The Balaban J connectivity index is 2.35. The van der Waals surface area contributed by atoms with E-state index >= 15 is 0 Å². The van der Waals surface area contributed by atoms with E-state index in [-0.39, 0.29) is 5.02 Å². The van der Waals surface area contributed by atoms with E-state index in [1.807, 2.05) is 30.3 Å². The molecule has 0 spiro atoms. The van der Waals surface area contributed by atoms with Crippen molar-refractivity contribution >= 4 is 11.6 Å². The van der Waals surface area contributed by atoms with Crippen LogP contribution in [0.4, 0.5) is 13.2 Å². The largest absolute Gasteiger partial charge is 0.417 e. The van der Waals surface area contributed by atoms with Crippen LogP contribution in [0, 0.1) is 0 Å². The normalized spacial score (nSPS) is 13.3. The Morgan fingerprint density at radius 2 is 1.58 bits per heavy atom. The van der Waals surface area contributed by atoms with Crippen LogP contribution in [0.5, 0.6) is 0 Å². The molecule has 0 aliphatic rings. The van der Waals surface area contributed by atoms with Gasteiger partial charge in [-0.2, -0.15) is 13.2 Å². The molecule has 2 N–H and O–H groups in total. The Labute approximate surface area is 113 Å². The second kappa shape index (κ2) is 5.23. The van der Waals surface area contributed by atoms with E-state index in [1.165, 1.54) is 12.1 Å². The van der Waals surface area contributed by atoms with Crippen molar-refractivity contribution in [2.24, 2.45) is 5.73 Å². The first-order valence-corrected chi connectivity index (χ1v) is 5.94. The molecule has 0 heterocycles. The lowest BCUT2D eigenvalue weighted by Crippen LogP contribution is -2.13. The summed E-state index contributed by atoms with van der Waals surface area (Å²) in [5.74, 6) is 0. The van der Waals surface area contributed by atoms with Gasteiger partial charge in [0.2, 0.25) is 0 Å². The summed E-state index contributed by atoms with van der Waals surface area (Å²) in [6.45, 7) is 0. The number of rotatable bonds is 2. The van der Waals surface area contributed by atoms with Crippen LogP contribution < -0.4 is 5.73 Å². The Morgan fingerprint density at radius 3 is 2.11 bits per heavy atom. The van der Waals surface area contributed by atoms with Crippen LogP contribution in [0.1, 0.15) is 22.7 Å². The summed E-state index contributed by atoms with van der Waals surface area (Å²) >= 11 is 5.67. The maximum atomic E-state index is 12.6. The lowest BCUT2D eigenvalue weighted by molar-refractivity contribution is -0.137. The molecule has 2 rings (SSSR count). The minimum absolute atomic E-state index is 0.337. The van der Waals surface area contributed by atoms with Crippen LogP contribution in [0.15, 0.2) is 48.5 Å². The molecule has 100 valence electrons. The molecule has 0 aliphatic heterocycles. The number of nitrogens with two attached hydrogens (primary N) is 1. The van der Waals surface area contributed by atoms with Gasteiger partial charge in [0.1, 0.15) is 0 Å². The molecule has 2 aromatic carbocycles. The molecule has 1 atom stereocenters. The topological polar surface area (TPSA) is 26.0 Å². The van der Waals surface area contributed by atoms with Crippen LogP contribution in [0.25, 0.3) is 0 Å². The molecular formula is C14H11ClF3N. The van der Waals surface area contributed by atoms with Crippen molar-refractivity contribution in [1.29, 1.82) is 0 Å². The number of benzene rings is 2. The van der Waals surface area contributed by atoms with Crippen LogP contribution in [0.3, 0.4) is 0 Å². The van der Waals surface area contributed by atoms with Crippen LogP contribution in [-0.4, -0.2) is 0 Å². The molecule has 1 unspecified atom stereocenters. The molecule has 5 heteroatoms. The van der Waals surface area contributed by atoms with Crippen LogP contribution in [-0.2, 0) is 6.18 Å². The van der Waals surface area contributed by atoms with Crippen molar-refractivity contribution in [3.63, 3.8) is 0 Å². The van der Waals surface area contributed by atoms with Gasteiger partial charge in [-0.1, -0.05) is 48.0 Å². The van der Waals surface area contributed by atoms with Gasteiger partial charge in [0.25, 0.3) is 0 Å². The maximum Gasteiger partial charge on any atom is 0.417 e. The fraction of sp³-hybridized carbons (Fsp3) is 0.143. The zero-order valence-corrected chi connectivity index (χ0v) is 10.5. The number of halogens is 4. The van der Waals surface area contributed by atoms with Gasteiger partial charge in [-0.05, 0) is 23.3 Å². The predicted octanol–water partition coefficient (Wildman–Crippen LogP) is 4.41. The molecular weight excluding hydrogens is 275 g/mol. The van der Waals surface area contributed by atoms with Gasteiger partial charge in [-0.25, -0.2) is 0 Å². The van der Waals surface area contributed by atoms with E-state index in [0.717, 1.165) is 11.6 Å². The zero-order chi connectivity index (χ0) is 14.0. The average Bonchev–Trinajstić information content (AvgIpc) is 2.37. The second-order valence-corrected chi connectivity index (χ2v) is 4.53. The highest BCUT2D eigenvalue weighted by atomic mass is 35.5. The Hall–Kier alpha value is -1.52. The third-order valence-electron chi connectivity index (χ3n) is 2.82. The Bertz CT molecular complexity index is 567. The smallest absolute Gasteiger partial charge is 0.320 e. The van der Waals surface area contributed by atoms with Crippen molar-refractivity contribution in [3.8, 4) is 0 Å². The second-order valence-electron chi connectivity index (χ2n) is 4.13. The minimum atomic E-state index is -4.45. The summed E-state index contributed by atoms with van der Waals surface area (Å²) in [6.07, 6.45) is -4.45. The van der Waals surface area contributed by atoms with E-state index in [9.17, 15) is 13.2 Å². The first kappa shape index (κ1) is 13.9. The predicted molar refractivity (Wildman–Crippen MR) is 68.9 cm³/mol. The van der Waals surface area contributed by atoms with Gasteiger partial charge in [0, 0.05) is 0 Å². The molecule has 0 fully saturated rings. The summed E-state index contributed by atoms with van der Waals surface area (Å²) in [6, 6.07) is 12.2.